The molecule has 0 bridgehead atoms. The Balaban J connectivity index is 1.70. The molecule has 1 N–H and O–H groups in total. The third-order valence-corrected chi connectivity index (χ3v) is 6.90. The van der Waals surface area contributed by atoms with E-state index in [0.717, 1.165) is 0 Å². The molecule has 1 amide bonds. The number of halogens is 3. The van der Waals surface area contributed by atoms with Crippen LogP contribution in [-0.2, 0) is 11.3 Å². The molecule has 218 valence electrons. The highest BCUT2D eigenvalue weighted by Crippen LogP contribution is 2.42. The molecule has 0 aliphatic rings. The van der Waals surface area contributed by atoms with Crippen molar-refractivity contribution >= 4 is 35.6 Å². The summed E-state index contributed by atoms with van der Waals surface area (Å²) in [6, 6.07) is 13.3. The monoisotopic (exact) mass is 611 g/mol. The molecule has 0 saturated carbocycles. The first-order valence-electron chi connectivity index (χ1n) is 12.7. The molecule has 2 heterocycles. The normalized spacial score (nSPS) is 11.1. The summed E-state index contributed by atoms with van der Waals surface area (Å²) in [6.45, 7) is 5.49. The molecule has 2 aromatic carbocycles. The van der Waals surface area contributed by atoms with E-state index < -0.39 is 17.5 Å². The van der Waals surface area contributed by atoms with Crippen LogP contribution in [-0.4, -0.2) is 42.2 Å². The average molecular weight is 612 g/mol. The zero-order chi connectivity index (χ0) is 30.6. The largest absolute Gasteiger partial charge is 0.496 e. The number of carbonyl (C=O) groups is 2. The Morgan fingerprint density at radius 3 is 2.38 bits per heavy atom. The van der Waals surface area contributed by atoms with Crippen LogP contribution in [0.15, 0.2) is 54.7 Å². The van der Waals surface area contributed by atoms with E-state index in [-0.39, 0.29) is 28.6 Å². The van der Waals surface area contributed by atoms with Gasteiger partial charge in [-0.15, -0.1) is 0 Å². The van der Waals surface area contributed by atoms with Gasteiger partial charge >= 0.3 is 6.09 Å². The molecule has 8 nitrogen and oxygen atoms in total. The lowest BCUT2D eigenvalue weighted by atomic mass is 9.99. The third-order valence-electron chi connectivity index (χ3n) is 6.11. The minimum Gasteiger partial charge on any atom is -0.496 e. The number of methoxy groups -OCH3 is 2. The molecule has 0 fully saturated rings. The smallest absolute Gasteiger partial charge is 0.407 e. The van der Waals surface area contributed by atoms with Crippen LogP contribution < -0.4 is 14.8 Å². The lowest BCUT2D eigenvalue weighted by Gasteiger charge is -2.20. The fourth-order valence-electron chi connectivity index (χ4n) is 4.22. The van der Waals surface area contributed by atoms with Crippen molar-refractivity contribution < 1.29 is 28.2 Å². The fraction of sp³-hybridized carbons (Fsp3) is 0.226. The van der Waals surface area contributed by atoms with Gasteiger partial charge in [0.15, 0.2) is 6.29 Å². The Labute approximate surface area is 252 Å². The highest BCUT2D eigenvalue weighted by molar-refractivity contribution is 6.39. The first-order chi connectivity index (χ1) is 20.0. The van der Waals surface area contributed by atoms with Crippen LogP contribution >= 0.6 is 23.2 Å². The maximum absolute atomic E-state index is 14.6. The maximum Gasteiger partial charge on any atom is 0.407 e. The molecule has 42 heavy (non-hydrogen) atoms. The van der Waals surface area contributed by atoms with E-state index in [4.69, 9.17) is 37.4 Å². The molecule has 0 radical (unpaired) electrons. The molecular weight excluding hydrogens is 584 g/mol. The minimum atomic E-state index is -0.757. The summed E-state index contributed by atoms with van der Waals surface area (Å²) in [4.78, 5) is 32.3. The molecule has 0 unspecified atom stereocenters. The number of pyridine rings is 2. The van der Waals surface area contributed by atoms with E-state index in [2.05, 4.69) is 15.3 Å². The minimum absolute atomic E-state index is 0.0630. The maximum atomic E-state index is 14.6. The number of amides is 1. The summed E-state index contributed by atoms with van der Waals surface area (Å²) in [5.41, 5.74) is 2.72. The van der Waals surface area contributed by atoms with E-state index >= 15 is 0 Å². The van der Waals surface area contributed by atoms with Gasteiger partial charge in [-0.25, -0.2) is 14.2 Å². The van der Waals surface area contributed by atoms with Crippen molar-refractivity contribution in [3.63, 3.8) is 0 Å². The summed E-state index contributed by atoms with van der Waals surface area (Å²) < 4.78 is 30.6. The van der Waals surface area contributed by atoms with Crippen molar-refractivity contribution in [2.24, 2.45) is 0 Å². The molecule has 2 aromatic heterocycles. The number of hydrogen-bond acceptors (Lipinski definition) is 7. The van der Waals surface area contributed by atoms with Gasteiger partial charge in [-0.3, -0.25) is 9.78 Å². The first-order valence-corrected chi connectivity index (χ1v) is 13.5. The third kappa shape index (κ3) is 6.64. The Morgan fingerprint density at radius 2 is 1.71 bits per heavy atom. The molecular formula is C31H28Cl2FN3O5. The zero-order valence-corrected chi connectivity index (χ0v) is 25.1. The van der Waals surface area contributed by atoms with Crippen LogP contribution in [0.5, 0.6) is 11.6 Å². The lowest BCUT2D eigenvalue weighted by molar-refractivity contribution is 0.0523. The van der Waals surface area contributed by atoms with Crippen LogP contribution in [0.3, 0.4) is 0 Å². The molecule has 0 saturated heterocycles. The second-order valence-corrected chi connectivity index (χ2v) is 10.9. The summed E-state index contributed by atoms with van der Waals surface area (Å²) in [5.74, 6) is -0.385. The van der Waals surface area contributed by atoms with E-state index in [1.54, 1.807) is 57.2 Å². The van der Waals surface area contributed by atoms with Crippen LogP contribution in [0.4, 0.5) is 9.18 Å². The van der Waals surface area contributed by atoms with Crippen molar-refractivity contribution in [2.75, 3.05) is 14.2 Å². The fourth-order valence-corrected chi connectivity index (χ4v) is 4.86. The van der Waals surface area contributed by atoms with Gasteiger partial charge in [0.1, 0.15) is 17.2 Å². The second kappa shape index (κ2) is 12.8. The van der Waals surface area contributed by atoms with Crippen molar-refractivity contribution in [3.05, 3.63) is 81.7 Å². The topological polar surface area (TPSA) is 99.6 Å². The van der Waals surface area contributed by atoms with E-state index in [9.17, 15) is 14.0 Å². The summed E-state index contributed by atoms with van der Waals surface area (Å²) in [7, 11) is 2.83. The van der Waals surface area contributed by atoms with Gasteiger partial charge in [0.05, 0.1) is 47.8 Å². The molecule has 4 rings (SSSR count). The highest BCUT2D eigenvalue weighted by atomic mass is 35.5. The predicted molar refractivity (Wildman–Crippen MR) is 160 cm³/mol. The number of aromatic nitrogens is 2. The quantitative estimate of drug-likeness (QED) is 0.203. The number of aldehydes is 1. The van der Waals surface area contributed by atoms with E-state index in [1.165, 1.54) is 32.5 Å². The van der Waals surface area contributed by atoms with Gasteiger partial charge in [0.2, 0.25) is 5.88 Å². The van der Waals surface area contributed by atoms with Crippen molar-refractivity contribution in [3.8, 4) is 45.3 Å². The van der Waals surface area contributed by atoms with E-state index in [0.29, 0.717) is 50.7 Å². The summed E-state index contributed by atoms with van der Waals surface area (Å²) in [5, 5.41) is 3.29. The van der Waals surface area contributed by atoms with Crippen LogP contribution in [0.1, 0.15) is 36.7 Å². The van der Waals surface area contributed by atoms with Gasteiger partial charge in [-0.2, -0.15) is 0 Å². The van der Waals surface area contributed by atoms with Crippen molar-refractivity contribution in [2.45, 2.75) is 32.9 Å². The summed E-state index contributed by atoms with van der Waals surface area (Å²) in [6.07, 6.45) is 1.37. The van der Waals surface area contributed by atoms with Crippen LogP contribution in [0.2, 0.25) is 10.0 Å². The summed E-state index contributed by atoms with van der Waals surface area (Å²) >= 11 is 13.7. The van der Waals surface area contributed by atoms with Gasteiger partial charge in [-0.05, 0) is 51.1 Å². The van der Waals surface area contributed by atoms with Gasteiger partial charge in [0, 0.05) is 34.0 Å². The van der Waals surface area contributed by atoms with Gasteiger partial charge < -0.3 is 19.5 Å². The number of alkyl carbamates (subject to hydrolysis) is 1. The molecule has 4 aromatic rings. The highest BCUT2D eigenvalue weighted by Gasteiger charge is 2.21. The zero-order valence-electron chi connectivity index (χ0n) is 23.6. The van der Waals surface area contributed by atoms with Crippen molar-refractivity contribution in [1.82, 2.24) is 15.3 Å². The Morgan fingerprint density at radius 1 is 1.00 bits per heavy atom. The van der Waals surface area contributed by atoms with Crippen LogP contribution in [0.25, 0.3) is 33.6 Å². The van der Waals surface area contributed by atoms with Gasteiger partial charge in [-0.1, -0.05) is 41.4 Å². The average Bonchev–Trinajstić information content (AvgIpc) is 2.95. The number of nitrogens with one attached hydrogen (secondary N) is 1. The van der Waals surface area contributed by atoms with Gasteiger partial charge in [0.25, 0.3) is 0 Å². The molecule has 0 atom stereocenters. The molecule has 0 aliphatic carbocycles. The Kier molecular flexibility index (Phi) is 9.33. The molecule has 0 spiro atoms. The number of nitrogens with zero attached hydrogens (tertiary/aromatic N) is 2. The SMILES string of the molecule is COc1cc(-c2nccc(-c3cccc(-c4ccc(CNC(=O)OC(C)(C)C)c(OC)n4)c3Cl)c2Cl)cc(F)c1C=O. The number of rotatable bonds is 8. The molecule has 0 aliphatic heterocycles. The first kappa shape index (κ1) is 30.7. The van der Waals surface area contributed by atoms with E-state index in [1.807, 2.05) is 0 Å². The second-order valence-electron chi connectivity index (χ2n) is 10.1. The standard InChI is InChI=1S/C31H28Cl2FN3O5/c1-31(2,3)42-30(39)36-15-17-9-10-24(37-29(17)41-5)21-8-6-7-19(26(21)32)20-11-12-35-28(27(20)33)18-13-23(34)22(16-38)25(14-18)40-4/h6-14,16H,15H2,1-5H3,(H,36,39). The number of benzene rings is 2. The van der Waals surface area contributed by atoms with Crippen LogP contribution in [0, 0.1) is 5.82 Å². The Bertz CT molecular complexity index is 1660. The lowest BCUT2D eigenvalue weighted by Crippen LogP contribution is -2.32. The Hall–Kier alpha value is -4.21. The number of hydrogen-bond donors (Lipinski definition) is 1. The van der Waals surface area contributed by atoms with Crippen molar-refractivity contribution in [1.29, 1.82) is 0 Å². The molecule has 11 heteroatoms. The number of ether oxygens (including phenoxy) is 3. The number of carbonyl (C=O) groups excluding carboxylic acids is 2. The predicted octanol–water partition coefficient (Wildman–Crippen LogP) is 7.78.